The van der Waals surface area contributed by atoms with E-state index in [1.165, 1.54) is 16.8 Å². The number of aromatic nitrogens is 7. The van der Waals surface area contributed by atoms with Gasteiger partial charge in [-0.3, -0.25) is 9.59 Å². The Labute approximate surface area is 224 Å². The van der Waals surface area contributed by atoms with Crippen LogP contribution in [-0.4, -0.2) is 53.2 Å². The monoisotopic (exact) mass is 532 g/mol. The van der Waals surface area contributed by atoms with Crippen LogP contribution in [0.15, 0.2) is 42.9 Å². The third kappa shape index (κ3) is 5.84. The van der Waals surface area contributed by atoms with Crippen molar-refractivity contribution in [2.75, 3.05) is 11.9 Å². The van der Waals surface area contributed by atoms with Gasteiger partial charge in [0.15, 0.2) is 0 Å². The molecule has 1 atom stereocenters. The molecule has 39 heavy (non-hydrogen) atoms. The van der Waals surface area contributed by atoms with E-state index in [1.54, 1.807) is 31.5 Å². The molecule has 0 bridgehead atoms. The normalized spacial score (nSPS) is 13.7. The fourth-order valence-electron chi connectivity index (χ4n) is 4.21. The Hall–Kier alpha value is -4.48. The Morgan fingerprint density at radius 2 is 2.08 bits per heavy atom. The van der Waals surface area contributed by atoms with Gasteiger partial charge in [0.2, 0.25) is 5.82 Å². The van der Waals surface area contributed by atoms with Gasteiger partial charge >= 0.3 is 5.97 Å². The number of esters is 1. The molecule has 3 heterocycles. The molecule has 0 spiro atoms. The van der Waals surface area contributed by atoms with Crippen molar-refractivity contribution in [3.63, 3.8) is 0 Å². The minimum atomic E-state index is -0.642. The third-order valence-electron chi connectivity index (χ3n) is 6.48. The zero-order valence-corrected chi connectivity index (χ0v) is 22.0. The molecule has 1 saturated carbocycles. The Morgan fingerprint density at radius 1 is 1.26 bits per heavy atom. The molecule has 1 aromatic carbocycles. The van der Waals surface area contributed by atoms with E-state index in [2.05, 4.69) is 30.8 Å². The van der Waals surface area contributed by atoms with Gasteiger partial charge in [0, 0.05) is 18.5 Å². The van der Waals surface area contributed by atoms with E-state index in [-0.39, 0.29) is 30.0 Å². The van der Waals surface area contributed by atoms with E-state index in [9.17, 15) is 14.0 Å². The van der Waals surface area contributed by atoms with Crippen LogP contribution >= 0.6 is 0 Å². The molecule has 202 valence electrons. The summed E-state index contributed by atoms with van der Waals surface area (Å²) in [6.07, 6.45) is 6.90. The average molecular weight is 533 g/mol. The molecule has 0 aliphatic heterocycles. The van der Waals surface area contributed by atoms with Crippen molar-refractivity contribution >= 4 is 17.7 Å². The summed E-state index contributed by atoms with van der Waals surface area (Å²) in [5, 5.41) is 14.5. The molecule has 11 nitrogen and oxygen atoms in total. The van der Waals surface area contributed by atoms with Crippen LogP contribution in [0.2, 0.25) is 0 Å². The highest BCUT2D eigenvalue weighted by Crippen LogP contribution is 2.39. The number of anilines is 1. The lowest BCUT2D eigenvalue weighted by molar-refractivity contribution is -0.144. The number of carbonyl (C=O) groups is 2. The quantitative estimate of drug-likeness (QED) is 0.298. The first-order valence-corrected chi connectivity index (χ1v) is 12.9. The van der Waals surface area contributed by atoms with Crippen LogP contribution in [-0.2, 0) is 9.53 Å². The number of aryl methyl sites for hydroxylation is 1. The SMILES string of the molecule is CCCC(=O)OC[C@@H](C)n1nnnc1-c1cccc(NC(=O)c2cc(-n3cnc(C4CC4)c3)c(C)cc2F)n1. The number of ether oxygens (including phenoxy) is 1. The van der Waals surface area contributed by atoms with Crippen molar-refractivity contribution in [3.8, 4) is 17.2 Å². The number of amides is 1. The maximum absolute atomic E-state index is 14.9. The molecular weight excluding hydrogens is 503 g/mol. The van der Waals surface area contributed by atoms with Gasteiger partial charge in [-0.25, -0.2) is 19.0 Å². The maximum atomic E-state index is 14.9. The first-order chi connectivity index (χ1) is 18.8. The number of nitrogens with zero attached hydrogens (tertiary/aromatic N) is 7. The Bertz CT molecular complexity index is 1510. The number of hydrogen-bond donors (Lipinski definition) is 1. The summed E-state index contributed by atoms with van der Waals surface area (Å²) in [6.45, 7) is 5.60. The van der Waals surface area contributed by atoms with Crippen LogP contribution in [0.4, 0.5) is 10.2 Å². The zero-order chi connectivity index (χ0) is 27.5. The van der Waals surface area contributed by atoms with Gasteiger partial charge in [-0.15, -0.1) is 5.10 Å². The zero-order valence-electron chi connectivity index (χ0n) is 22.0. The number of rotatable bonds is 10. The van der Waals surface area contributed by atoms with Crippen molar-refractivity contribution in [1.82, 2.24) is 34.7 Å². The van der Waals surface area contributed by atoms with Crippen LogP contribution in [0.1, 0.15) is 73.1 Å². The smallest absolute Gasteiger partial charge is 0.305 e. The Morgan fingerprint density at radius 3 is 2.85 bits per heavy atom. The maximum Gasteiger partial charge on any atom is 0.305 e. The lowest BCUT2D eigenvalue weighted by Gasteiger charge is -2.14. The molecule has 1 aliphatic rings. The largest absolute Gasteiger partial charge is 0.463 e. The highest BCUT2D eigenvalue weighted by Gasteiger charge is 2.26. The molecule has 12 heteroatoms. The molecule has 3 aromatic heterocycles. The Kier molecular flexibility index (Phi) is 7.44. The lowest BCUT2D eigenvalue weighted by Crippen LogP contribution is -2.18. The minimum absolute atomic E-state index is 0.0986. The number of carbonyl (C=O) groups excluding carboxylic acids is 2. The topological polar surface area (TPSA) is 130 Å². The number of hydrogen-bond acceptors (Lipinski definition) is 8. The van der Waals surface area contributed by atoms with E-state index >= 15 is 0 Å². The number of halogens is 1. The van der Waals surface area contributed by atoms with Gasteiger partial charge in [-0.2, -0.15) is 0 Å². The summed E-state index contributed by atoms with van der Waals surface area (Å²) in [7, 11) is 0. The van der Waals surface area contributed by atoms with Crippen LogP contribution in [0.5, 0.6) is 0 Å². The van der Waals surface area contributed by atoms with Crippen molar-refractivity contribution in [2.24, 2.45) is 0 Å². The van der Waals surface area contributed by atoms with Gasteiger partial charge in [0.25, 0.3) is 5.91 Å². The van der Waals surface area contributed by atoms with Crippen molar-refractivity contribution in [3.05, 3.63) is 65.5 Å². The van der Waals surface area contributed by atoms with Gasteiger partial charge in [-0.05, 0) is 73.4 Å². The lowest BCUT2D eigenvalue weighted by atomic mass is 10.1. The second-order valence-corrected chi connectivity index (χ2v) is 9.69. The second kappa shape index (κ2) is 11.1. The fourth-order valence-corrected chi connectivity index (χ4v) is 4.21. The highest BCUT2D eigenvalue weighted by molar-refractivity contribution is 6.04. The molecule has 5 rings (SSSR count). The van der Waals surface area contributed by atoms with Crippen LogP contribution in [0.3, 0.4) is 0 Å². The number of nitrogens with one attached hydrogen (secondary N) is 1. The second-order valence-electron chi connectivity index (χ2n) is 9.69. The molecule has 1 fully saturated rings. The first-order valence-electron chi connectivity index (χ1n) is 12.9. The molecule has 4 aromatic rings. The van der Waals surface area contributed by atoms with Crippen molar-refractivity contribution < 1.29 is 18.7 Å². The predicted octanol–water partition coefficient (Wildman–Crippen LogP) is 4.40. The summed E-state index contributed by atoms with van der Waals surface area (Å²) in [5.74, 6) is -0.549. The highest BCUT2D eigenvalue weighted by atomic mass is 19.1. The number of tetrazole rings is 1. The minimum Gasteiger partial charge on any atom is -0.463 e. The summed E-state index contributed by atoms with van der Waals surface area (Å²) in [6, 6.07) is 7.48. The van der Waals surface area contributed by atoms with Crippen LogP contribution in [0, 0.1) is 12.7 Å². The van der Waals surface area contributed by atoms with E-state index in [4.69, 9.17) is 4.74 Å². The van der Waals surface area contributed by atoms with Gasteiger partial charge in [0.1, 0.15) is 23.9 Å². The molecule has 0 radical (unpaired) electrons. The molecule has 0 saturated heterocycles. The van der Waals surface area contributed by atoms with Gasteiger partial charge in [0.05, 0.1) is 29.3 Å². The van der Waals surface area contributed by atoms with E-state index in [1.807, 2.05) is 24.6 Å². The molecule has 1 amide bonds. The van der Waals surface area contributed by atoms with Gasteiger partial charge in [-0.1, -0.05) is 13.0 Å². The number of benzene rings is 1. The molecule has 0 unspecified atom stereocenters. The average Bonchev–Trinajstić information content (AvgIpc) is 3.43. The molecule has 1 aliphatic carbocycles. The molecular formula is C27H29FN8O3. The van der Waals surface area contributed by atoms with E-state index in [0.717, 1.165) is 18.5 Å². The van der Waals surface area contributed by atoms with Crippen molar-refractivity contribution in [2.45, 2.75) is 58.4 Å². The van der Waals surface area contributed by atoms with E-state index < -0.39 is 11.7 Å². The standard InChI is InChI=1S/C27H29FN8O3/c1-4-6-25(37)39-14-17(3)36-26(32-33-34-36)21-7-5-8-24(30-21)31-27(38)19-12-23(16(2)11-20(19)28)35-13-22(29-15-35)18-9-10-18/h5,7-8,11-13,15,17-18H,4,6,9-10,14H2,1-3H3,(H,30,31,38)/t17-/m1/s1. The van der Waals surface area contributed by atoms with Crippen molar-refractivity contribution in [1.29, 1.82) is 0 Å². The van der Waals surface area contributed by atoms with Crippen LogP contribution < -0.4 is 5.32 Å². The number of imidazole rings is 1. The fraction of sp³-hybridized carbons (Fsp3) is 0.370. The third-order valence-corrected chi connectivity index (χ3v) is 6.48. The summed E-state index contributed by atoms with van der Waals surface area (Å²) < 4.78 is 23.5. The predicted molar refractivity (Wildman–Crippen MR) is 140 cm³/mol. The van der Waals surface area contributed by atoms with Crippen LogP contribution in [0.25, 0.3) is 17.2 Å². The number of pyridine rings is 1. The summed E-state index contributed by atoms with van der Waals surface area (Å²) in [5.41, 5.74) is 2.64. The Balaban J connectivity index is 1.34. The summed E-state index contributed by atoms with van der Waals surface area (Å²) >= 11 is 0. The summed E-state index contributed by atoms with van der Waals surface area (Å²) in [4.78, 5) is 33.8. The van der Waals surface area contributed by atoms with E-state index in [0.29, 0.717) is 41.5 Å². The molecule has 1 N–H and O–H groups in total. The first kappa shape index (κ1) is 26.1. The van der Waals surface area contributed by atoms with Gasteiger partial charge < -0.3 is 14.6 Å².